The summed E-state index contributed by atoms with van der Waals surface area (Å²) in [5.41, 5.74) is -0.987. The van der Waals surface area contributed by atoms with E-state index in [9.17, 15) is 19.2 Å². The Morgan fingerprint density at radius 2 is 1.50 bits per heavy atom. The van der Waals surface area contributed by atoms with Crippen LogP contribution >= 0.6 is 0 Å². The van der Waals surface area contributed by atoms with E-state index in [2.05, 4.69) is 19.5 Å². The van der Waals surface area contributed by atoms with Gasteiger partial charge in [-0.1, -0.05) is 0 Å². The fourth-order valence-corrected chi connectivity index (χ4v) is 2.35. The van der Waals surface area contributed by atoms with Crippen LogP contribution in [0.3, 0.4) is 0 Å². The number of hydrogen-bond donors (Lipinski definition) is 1. The first-order valence-electron chi connectivity index (χ1n) is 6.27. The van der Waals surface area contributed by atoms with Crippen molar-refractivity contribution in [3.63, 3.8) is 0 Å². The molecule has 1 N–H and O–H groups in total. The molecule has 1 amide bonds. The molecule has 1 aliphatic heterocycles. The summed E-state index contributed by atoms with van der Waals surface area (Å²) >= 11 is 0. The van der Waals surface area contributed by atoms with Gasteiger partial charge in [0.05, 0.1) is 21.3 Å². The SMILES string of the molecule is COC(=O)c1c(C(=O)OC)c(C(=O)OC)n2c1C(=O)NCC2. The molecular weight excluding hydrogens is 296 g/mol. The van der Waals surface area contributed by atoms with E-state index in [1.165, 1.54) is 4.57 Å². The highest BCUT2D eigenvalue weighted by Crippen LogP contribution is 2.27. The smallest absolute Gasteiger partial charge is 0.355 e. The number of esters is 3. The molecule has 0 atom stereocenters. The Morgan fingerprint density at radius 3 is 2.05 bits per heavy atom. The minimum atomic E-state index is -0.935. The normalized spacial score (nSPS) is 13.0. The molecule has 1 aromatic rings. The van der Waals surface area contributed by atoms with Gasteiger partial charge >= 0.3 is 17.9 Å². The lowest BCUT2D eigenvalue weighted by molar-refractivity contribution is 0.0534. The van der Waals surface area contributed by atoms with E-state index in [4.69, 9.17) is 0 Å². The Balaban J connectivity index is 2.88. The Hall–Kier alpha value is -2.84. The fourth-order valence-electron chi connectivity index (χ4n) is 2.35. The van der Waals surface area contributed by atoms with Gasteiger partial charge in [0.15, 0.2) is 0 Å². The van der Waals surface area contributed by atoms with Crippen molar-refractivity contribution >= 4 is 23.8 Å². The number of rotatable bonds is 3. The van der Waals surface area contributed by atoms with E-state index < -0.39 is 23.8 Å². The van der Waals surface area contributed by atoms with Gasteiger partial charge in [0, 0.05) is 13.1 Å². The van der Waals surface area contributed by atoms with Crippen LogP contribution in [0.4, 0.5) is 0 Å². The lowest BCUT2D eigenvalue weighted by atomic mass is 10.1. The van der Waals surface area contributed by atoms with Crippen molar-refractivity contribution in [1.29, 1.82) is 0 Å². The summed E-state index contributed by atoms with van der Waals surface area (Å²) < 4.78 is 15.2. The monoisotopic (exact) mass is 310 g/mol. The lowest BCUT2D eigenvalue weighted by Crippen LogP contribution is -2.37. The van der Waals surface area contributed by atoms with Crippen LogP contribution in [0.25, 0.3) is 0 Å². The summed E-state index contributed by atoms with van der Waals surface area (Å²) in [5, 5.41) is 2.54. The van der Waals surface area contributed by atoms with Crippen LogP contribution in [0, 0.1) is 0 Å². The molecule has 118 valence electrons. The number of methoxy groups -OCH3 is 3. The Labute approximate surface area is 125 Å². The predicted octanol–water partition coefficient (Wildman–Crippen LogP) is -0.409. The average molecular weight is 310 g/mol. The first-order chi connectivity index (χ1) is 10.5. The maximum Gasteiger partial charge on any atom is 0.355 e. The molecule has 0 saturated carbocycles. The van der Waals surface area contributed by atoms with Crippen LogP contribution in [0.1, 0.15) is 41.7 Å². The van der Waals surface area contributed by atoms with E-state index in [0.717, 1.165) is 21.3 Å². The van der Waals surface area contributed by atoms with E-state index in [0.29, 0.717) is 0 Å². The summed E-state index contributed by atoms with van der Waals surface area (Å²) in [6.45, 7) is 0.443. The molecule has 0 aliphatic carbocycles. The van der Waals surface area contributed by atoms with Crippen molar-refractivity contribution < 1.29 is 33.4 Å². The lowest BCUT2D eigenvalue weighted by Gasteiger charge is -2.18. The second-order valence-electron chi connectivity index (χ2n) is 4.33. The van der Waals surface area contributed by atoms with Crippen molar-refractivity contribution in [2.24, 2.45) is 0 Å². The maximum atomic E-state index is 12.1. The minimum Gasteiger partial charge on any atom is -0.465 e. The predicted molar refractivity (Wildman–Crippen MR) is 70.8 cm³/mol. The fraction of sp³-hybridized carbons (Fsp3) is 0.385. The topological polar surface area (TPSA) is 113 Å². The summed E-state index contributed by atoms with van der Waals surface area (Å²) in [6.07, 6.45) is 0. The molecule has 0 fully saturated rings. The highest BCUT2D eigenvalue weighted by atomic mass is 16.5. The standard InChI is InChI=1S/C13H14N2O7/c1-20-11(17)6-7(12(18)21-2)9(13(19)22-3)15-5-4-14-10(16)8(6)15/h4-5H2,1-3H3,(H,14,16). The van der Waals surface area contributed by atoms with Crippen LogP contribution < -0.4 is 5.32 Å². The molecule has 2 rings (SSSR count). The molecule has 9 heteroatoms. The van der Waals surface area contributed by atoms with Crippen LogP contribution in [0.2, 0.25) is 0 Å². The number of nitrogens with one attached hydrogen (secondary N) is 1. The van der Waals surface area contributed by atoms with E-state index in [1.807, 2.05) is 0 Å². The zero-order valence-electron chi connectivity index (χ0n) is 12.2. The zero-order valence-corrected chi connectivity index (χ0v) is 12.2. The summed E-state index contributed by atoms with van der Waals surface area (Å²) in [5.74, 6) is -3.30. The van der Waals surface area contributed by atoms with Crippen LogP contribution in [0.15, 0.2) is 0 Å². The molecule has 0 bridgehead atoms. The number of ether oxygens (including phenoxy) is 3. The second kappa shape index (κ2) is 5.88. The van der Waals surface area contributed by atoms with Crippen molar-refractivity contribution in [2.45, 2.75) is 6.54 Å². The summed E-state index contributed by atoms with van der Waals surface area (Å²) in [4.78, 5) is 48.2. The van der Waals surface area contributed by atoms with E-state index >= 15 is 0 Å². The van der Waals surface area contributed by atoms with Crippen molar-refractivity contribution in [3.8, 4) is 0 Å². The molecule has 0 unspecified atom stereocenters. The molecule has 1 aromatic heterocycles. The van der Waals surface area contributed by atoms with Crippen LogP contribution in [0.5, 0.6) is 0 Å². The number of aromatic nitrogens is 1. The number of hydrogen-bond acceptors (Lipinski definition) is 7. The number of carbonyl (C=O) groups excluding carboxylic acids is 4. The Bertz CT molecular complexity index is 674. The Morgan fingerprint density at radius 1 is 0.955 bits per heavy atom. The molecule has 9 nitrogen and oxygen atoms in total. The molecule has 0 spiro atoms. The maximum absolute atomic E-state index is 12.1. The van der Waals surface area contributed by atoms with Gasteiger partial charge in [-0.2, -0.15) is 0 Å². The number of carbonyl (C=O) groups is 4. The van der Waals surface area contributed by atoms with Gasteiger partial charge in [0.1, 0.15) is 22.5 Å². The van der Waals surface area contributed by atoms with E-state index in [-0.39, 0.29) is 35.6 Å². The van der Waals surface area contributed by atoms with Crippen molar-refractivity contribution in [3.05, 3.63) is 22.5 Å². The van der Waals surface area contributed by atoms with Gasteiger partial charge in [-0.15, -0.1) is 0 Å². The molecule has 0 radical (unpaired) electrons. The average Bonchev–Trinajstić information content (AvgIpc) is 2.89. The van der Waals surface area contributed by atoms with Gasteiger partial charge in [-0.05, 0) is 0 Å². The first-order valence-corrected chi connectivity index (χ1v) is 6.27. The highest BCUT2D eigenvalue weighted by Gasteiger charge is 2.39. The number of amides is 1. The zero-order chi connectivity index (χ0) is 16.4. The summed E-state index contributed by atoms with van der Waals surface area (Å²) in [6, 6.07) is 0. The molecule has 22 heavy (non-hydrogen) atoms. The third-order valence-corrected chi connectivity index (χ3v) is 3.26. The first kappa shape index (κ1) is 15.5. The molecule has 0 aromatic carbocycles. The van der Waals surface area contributed by atoms with Gasteiger partial charge < -0.3 is 24.1 Å². The quantitative estimate of drug-likeness (QED) is 0.596. The van der Waals surface area contributed by atoms with Gasteiger partial charge in [0.2, 0.25) is 0 Å². The largest absolute Gasteiger partial charge is 0.465 e. The molecule has 0 saturated heterocycles. The van der Waals surface area contributed by atoms with Gasteiger partial charge in [-0.3, -0.25) is 4.79 Å². The molecule has 2 heterocycles. The summed E-state index contributed by atoms with van der Waals surface area (Å²) in [7, 11) is 3.33. The Kier molecular flexibility index (Phi) is 4.15. The number of fused-ring (bicyclic) bond motifs is 1. The molecular formula is C13H14N2O7. The highest BCUT2D eigenvalue weighted by molar-refractivity contribution is 6.16. The van der Waals surface area contributed by atoms with Gasteiger partial charge in [-0.25, -0.2) is 14.4 Å². The van der Waals surface area contributed by atoms with E-state index in [1.54, 1.807) is 0 Å². The van der Waals surface area contributed by atoms with Crippen molar-refractivity contribution in [1.82, 2.24) is 9.88 Å². The number of nitrogens with zero attached hydrogens (tertiary/aromatic N) is 1. The van der Waals surface area contributed by atoms with Gasteiger partial charge in [0.25, 0.3) is 5.91 Å². The third kappa shape index (κ3) is 2.20. The minimum absolute atomic E-state index is 0.126. The second-order valence-corrected chi connectivity index (χ2v) is 4.33. The van der Waals surface area contributed by atoms with Crippen molar-refractivity contribution in [2.75, 3.05) is 27.9 Å². The van der Waals surface area contributed by atoms with Crippen LogP contribution in [-0.2, 0) is 20.8 Å². The third-order valence-electron chi connectivity index (χ3n) is 3.26. The van der Waals surface area contributed by atoms with Crippen LogP contribution in [-0.4, -0.2) is 56.3 Å². The molecule has 1 aliphatic rings.